The predicted octanol–water partition coefficient (Wildman–Crippen LogP) is 3.72. The molecule has 0 atom stereocenters. The van der Waals surface area contributed by atoms with Gasteiger partial charge in [-0.05, 0) is 30.3 Å². The van der Waals surface area contributed by atoms with Crippen LogP contribution in [-0.4, -0.2) is 55.1 Å². The van der Waals surface area contributed by atoms with Gasteiger partial charge in [0.2, 0.25) is 0 Å². The smallest absolute Gasteiger partial charge is 0.349 e. The Kier molecular flexibility index (Phi) is 5.95. The van der Waals surface area contributed by atoms with Crippen LogP contribution in [0.5, 0.6) is 0 Å². The number of nitrogens with zero attached hydrogens (tertiary/aromatic N) is 3. The zero-order chi connectivity index (χ0) is 22.1. The molecule has 0 spiro atoms. The van der Waals surface area contributed by atoms with E-state index < -0.39 is 11.5 Å². The molecular weight excluding hydrogens is 492 g/mol. The number of hydrogen-bond acceptors (Lipinski definition) is 7. The number of anilines is 1. The number of para-hydroxylation sites is 1. The van der Waals surface area contributed by atoms with Gasteiger partial charge in [-0.1, -0.05) is 45.5 Å². The molecule has 1 fully saturated rings. The van der Waals surface area contributed by atoms with Crippen LogP contribution in [-0.2, 0) is 0 Å². The molecule has 1 saturated heterocycles. The SMILES string of the molecule is O=C(NCCN1CCN(c2nc3ccc(Br)cc3s2)CC1)c1cc2ccccc2oc1=O. The van der Waals surface area contributed by atoms with Gasteiger partial charge in [0.15, 0.2) is 5.13 Å². The molecule has 164 valence electrons. The van der Waals surface area contributed by atoms with Crippen molar-refractivity contribution in [2.24, 2.45) is 0 Å². The Balaban J connectivity index is 1.14. The second kappa shape index (κ2) is 9.01. The van der Waals surface area contributed by atoms with Gasteiger partial charge < -0.3 is 14.6 Å². The van der Waals surface area contributed by atoms with Crippen LogP contribution in [0, 0.1) is 0 Å². The molecule has 0 aliphatic carbocycles. The standard InChI is InChI=1S/C23H21BrN4O3S/c24-16-5-6-18-20(14-16)32-23(26-18)28-11-9-27(10-12-28)8-7-25-21(29)17-13-15-3-1-2-4-19(15)31-22(17)30/h1-6,13-14H,7-12H2,(H,25,29). The van der Waals surface area contributed by atoms with Crippen molar-refractivity contribution in [3.63, 3.8) is 0 Å². The number of carbonyl (C=O) groups is 1. The van der Waals surface area contributed by atoms with Gasteiger partial charge >= 0.3 is 5.63 Å². The number of rotatable bonds is 5. The van der Waals surface area contributed by atoms with Crippen LogP contribution in [0.2, 0.25) is 0 Å². The van der Waals surface area contributed by atoms with Crippen molar-refractivity contribution in [3.05, 3.63) is 69.0 Å². The number of nitrogens with one attached hydrogen (secondary N) is 1. The lowest BCUT2D eigenvalue weighted by molar-refractivity contribution is 0.0944. The molecule has 1 N–H and O–H groups in total. The molecule has 0 unspecified atom stereocenters. The molecule has 9 heteroatoms. The van der Waals surface area contributed by atoms with Gasteiger partial charge in [-0.15, -0.1) is 0 Å². The monoisotopic (exact) mass is 512 g/mol. The summed E-state index contributed by atoms with van der Waals surface area (Å²) in [5, 5.41) is 4.63. The van der Waals surface area contributed by atoms with E-state index in [1.165, 1.54) is 4.70 Å². The number of thiazole rings is 1. The van der Waals surface area contributed by atoms with Gasteiger partial charge in [0.25, 0.3) is 5.91 Å². The summed E-state index contributed by atoms with van der Waals surface area (Å²) in [5.41, 5.74) is 0.929. The van der Waals surface area contributed by atoms with E-state index in [0.29, 0.717) is 12.1 Å². The highest BCUT2D eigenvalue weighted by atomic mass is 79.9. The number of hydrogen-bond donors (Lipinski definition) is 1. The van der Waals surface area contributed by atoms with Crippen molar-refractivity contribution >= 4 is 59.5 Å². The largest absolute Gasteiger partial charge is 0.422 e. The maximum Gasteiger partial charge on any atom is 0.349 e. The lowest BCUT2D eigenvalue weighted by Gasteiger charge is -2.34. The molecule has 7 nitrogen and oxygen atoms in total. The van der Waals surface area contributed by atoms with Gasteiger partial charge in [-0.25, -0.2) is 9.78 Å². The van der Waals surface area contributed by atoms with Crippen LogP contribution in [0.15, 0.2) is 62.2 Å². The normalized spacial score (nSPS) is 14.8. The summed E-state index contributed by atoms with van der Waals surface area (Å²) in [6.45, 7) is 4.78. The van der Waals surface area contributed by atoms with Crippen LogP contribution >= 0.6 is 27.3 Å². The fourth-order valence-corrected chi connectivity index (χ4v) is 5.40. The Morgan fingerprint density at radius 3 is 2.78 bits per heavy atom. The van der Waals surface area contributed by atoms with E-state index in [1.807, 2.05) is 24.3 Å². The first-order valence-corrected chi connectivity index (χ1v) is 12.0. The van der Waals surface area contributed by atoms with Crippen LogP contribution in [0.1, 0.15) is 10.4 Å². The molecular formula is C23H21BrN4O3S. The second-order valence-corrected chi connectivity index (χ2v) is 9.60. The predicted molar refractivity (Wildman–Crippen MR) is 131 cm³/mol. The van der Waals surface area contributed by atoms with E-state index >= 15 is 0 Å². The van der Waals surface area contributed by atoms with Crippen LogP contribution in [0.4, 0.5) is 5.13 Å². The summed E-state index contributed by atoms with van der Waals surface area (Å²) in [4.78, 5) is 34.0. The lowest BCUT2D eigenvalue weighted by atomic mass is 10.2. The third kappa shape index (κ3) is 4.41. The summed E-state index contributed by atoms with van der Waals surface area (Å²) in [7, 11) is 0. The average molecular weight is 513 g/mol. The van der Waals surface area contributed by atoms with Gasteiger partial charge in [0.1, 0.15) is 11.1 Å². The van der Waals surface area contributed by atoms with Crippen LogP contribution in [0.3, 0.4) is 0 Å². The topological polar surface area (TPSA) is 78.7 Å². The van der Waals surface area contributed by atoms with Gasteiger partial charge in [-0.2, -0.15) is 0 Å². The highest BCUT2D eigenvalue weighted by Gasteiger charge is 2.20. The summed E-state index contributed by atoms with van der Waals surface area (Å²) in [6.07, 6.45) is 0. The van der Waals surface area contributed by atoms with E-state index in [-0.39, 0.29) is 5.56 Å². The minimum Gasteiger partial charge on any atom is -0.422 e. The lowest BCUT2D eigenvalue weighted by Crippen LogP contribution is -2.48. The molecule has 3 heterocycles. The molecule has 2 aromatic heterocycles. The van der Waals surface area contributed by atoms with Crippen LogP contribution < -0.4 is 15.8 Å². The number of halogens is 1. The van der Waals surface area contributed by atoms with Crippen molar-refractivity contribution in [1.29, 1.82) is 0 Å². The van der Waals surface area contributed by atoms with Crippen molar-refractivity contribution in [1.82, 2.24) is 15.2 Å². The van der Waals surface area contributed by atoms with Crippen LogP contribution in [0.25, 0.3) is 21.2 Å². The molecule has 5 rings (SSSR count). The molecule has 4 aromatic rings. The quantitative estimate of drug-likeness (QED) is 0.410. The van der Waals surface area contributed by atoms with E-state index in [2.05, 4.69) is 37.1 Å². The maximum absolute atomic E-state index is 12.5. The maximum atomic E-state index is 12.5. The number of benzene rings is 2. The zero-order valence-corrected chi connectivity index (χ0v) is 19.6. The average Bonchev–Trinajstić information content (AvgIpc) is 3.22. The third-order valence-corrected chi connectivity index (χ3v) is 7.15. The van der Waals surface area contributed by atoms with Crippen molar-refractivity contribution in [2.75, 3.05) is 44.2 Å². The van der Waals surface area contributed by atoms with Crippen molar-refractivity contribution in [3.8, 4) is 0 Å². The number of fused-ring (bicyclic) bond motifs is 2. The molecule has 0 saturated carbocycles. The molecule has 2 aromatic carbocycles. The molecule has 1 aliphatic rings. The molecule has 0 bridgehead atoms. The van der Waals surface area contributed by atoms with Gasteiger partial charge in [-0.3, -0.25) is 9.69 Å². The first kappa shape index (κ1) is 21.1. The Hall–Kier alpha value is -2.75. The van der Waals surface area contributed by atoms with Crippen molar-refractivity contribution in [2.45, 2.75) is 0 Å². The Labute approximate surface area is 196 Å². The fraction of sp³-hybridized carbons (Fsp3) is 0.261. The van der Waals surface area contributed by atoms with E-state index in [0.717, 1.165) is 53.2 Å². The highest BCUT2D eigenvalue weighted by molar-refractivity contribution is 9.10. The summed E-state index contributed by atoms with van der Waals surface area (Å²) >= 11 is 5.23. The fourth-order valence-electron chi connectivity index (χ4n) is 3.83. The first-order chi connectivity index (χ1) is 15.6. The molecule has 1 amide bonds. The van der Waals surface area contributed by atoms with Crippen molar-refractivity contribution < 1.29 is 9.21 Å². The number of aromatic nitrogens is 1. The van der Waals surface area contributed by atoms with Gasteiger partial charge in [0, 0.05) is 49.1 Å². The molecule has 1 aliphatic heterocycles. The Morgan fingerprint density at radius 1 is 1.12 bits per heavy atom. The third-order valence-electron chi connectivity index (χ3n) is 5.58. The highest BCUT2D eigenvalue weighted by Crippen LogP contribution is 2.31. The summed E-state index contributed by atoms with van der Waals surface area (Å²) in [6, 6.07) is 14.9. The zero-order valence-electron chi connectivity index (χ0n) is 17.2. The summed E-state index contributed by atoms with van der Waals surface area (Å²) < 4.78 is 7.49. The number of piperazine rings is 1. The van der Waals surface area contributed by atoms with Gasteiger partial charge in [0.05, 0.1) is 10.2 Å². The minimum atomic E-state index is -0.613. The molecule has 0 radical (unpaired) electrons. The summed E-state index contributed by atoms with van der Waals surface area (Å²) in [5.74, 6) is -0.399. The van der Waals surface area contributed by atoms with E-state index in [9.17, 15) is 9.59 Å². The number of carbonyl (C=O) groups excluding carboxylic acids is 1. The number of amides is 1. The minimum absolute atomic E-state index is 0.0380. The Morgan fingerprint density at radius 2 is 1.94 bits per heavy atom. The molecule has 32 heavy (non-hydrogen) atoms. The van der Waals surface area contributed by atoms with E-state index in [4.69, 9.17) is 9.40 Å². The second-order valence-electron chi connectivity index (χ2n) is 7.68. The first-order valence-electron chi connectivity index (χ1n) is 10.4. The van der Waals surface area contributed by atoms with E-state index in [1.54, 1.807) is 29.5 Å². The Bertz CT molecular complexity index is 1340.